The smallest absolute Gasteiger partial charge is 0.223 e. The number of nitrogens with two attached hydrogens (primary N) is 1. The Morgan fingerprint density at radius 2 is 2.10 bits per heavy atom. The lowest BCUT2D eigenvalue weighted by Gasteiger charge is -2.28. The van der Waals surface area contributed by atoms with E-state index >= 15 is 0 Å². The van der Waals surface area contributed by atoms with Crippen molar-refractivity contribution >= 4 is 11.5 Å². The molecule has 1 aliphatic heterocycles. The highest BCUT2D eigenvalue weighted by Gasteiger charge is 2.20. The molecule has 3 nitrogen and oxygen atoms in total. The van der Waals surface area contributed by atoms with Crippen molar-refractivity contribution in [3.05, 3.63) is 42.0 Å². The Kier molecular flexibility index (Phi) is 5.36. The summed E-state index contributed by atoms with van der Waals surface area (Å²) in [6, 6.07) is 10.4. The summed E-state index contributed by atoms with van der Waals surface area (Å²) in [5, 5.41) is 0. The van der Waals surface area contributed by atoms with E-state index in [1.807, 2.05) is 11.0 Å². The highest BCUT2D eigenvalue weighted by atomic mass is 16.2. The molecular formula is C17H24N2O. The largest absolute Gasteiger partial charge is 0.339 e. The second-order valence-electron chi connectivity index (χ2n) is 5.40. The van der Waals surface area contributed by atoms with Crippen molar-refractivity contribution in [3.8, 4) is 0 Å². The predicted octanol–water partition coefficient (Wildman–Crippen LogP) is 2.68. The fraction of sp³-hybridized carbons (Fsp3) is 0.471. The zero-order valence-electron chi connectivity index (χ0n) is 12.2. The van der Waals surface area contributed by atoms with Gasteiger partial charge in [-0.15, -0.1) is 0 Å². The van der Waals surface area contributed by atoms with Gasteiger partial charge in [0.2, 0.25) is 5.91 Å². The molecule has 0 aromatic heterocycles. The molecule has 1 amide bonds. The van der Waals surface area contributed by atoms with E-state index in [0.717, 1.165) is 25.9 Å². The molecule has 3 heteroatoms. The first-order valence-electron chi connectivity index (χ1n) is 7.47. The van der Waals surface area contributed by atoms with E-state index in [4.69, 9.17) is 5.73 Å². The lowest BCUT2D eigenvalue weighted by Crippen LogP contribution is -2.36. The summed E-state index contributed by atoms with van der Waals surface area (Å²) in [6.45, 7) is 4.24. The summed E-state index contributed by atoms with van der Waals surface area (Å²) in [6.07, 6.45) is 4.68. The maximum atomic E-state index is 12.2. The molecule has 1 aromatic carbocycles. The third-order valence-electron chi connectivity index (χ3n) is 4.08. The van der Waals surface area contributed by atoms with Gasteiger partial charge in [0, 0.05) is 19.5 Å². The highest BCUT2D eigenvalue weighted by molar-refractivity contribution is 5.78. The van der Waals surface area contributed by atoms with Gasteiger partial charge in [-0.25, -0.2) is 0 Å². The van der Waals surface area contributed by atoms with Crippen molar-refractivity contribution in [2.45, 2.75) is 26.2 Å². The van der Waals surface area contributed by atoms with Gasteiger partial charge in [-0.2, -0.15) is 0 Å². The average Bonchev–Trinajstić information content (AvgIpc) is 2.53. The zero-order valence-corrected chi connectivity index (χ0v) is 12.2. The molecule has 20 heavy (non-hydrogen) atoms. The number of rotatable bonds is 5. The molecule has 0 spiro atoms. The third-order valence-corrected chi connectivity index (χ3v) is 4.08. The van der Waals surface area contributed by atoms with Gasteiger partial charge in [-0.05, 0) is 30.0 Å². The van der Waals surface area contributed by atoms with Crippen LogP contribution in [0.3, 0.4) is 0 Å². The zero-order chi connectivity index (χ0) is 14.4. The first kappa shape index (κ1) is 14.8. The van der Waals surface area contributed by atoms with Crippen molar-refractivity contribution in [2.24, 2.45) is 11.7 Å². The highest BCUT2D eigenvalue weighted by Crippen LogP contribution is 2.22. The van der Waals surface area contributed by atoms with Gasteiger partial charge in [0.05, 0.1) is 0 Å². The summed E-state index contributed by atoms with van der Waals surface area (Å²) >= 11 is 0. The van der Waals surface area contributed by atoms with Crippen LogP contribution in [0.5, 0.6) is 0 Å². The summed E-state index contributed by atoms with van der Waals surface area (Å²) < 4.78 is 0. The SMILES string of the molecule is CCC(CN)CC(=O)N1CC=C(c2ccccc2)CC1. The Morgan fingerprint density at radius 3 is 2.65 bits per heavy atom. The fourth-order valence-corrected chi connectivity index (χ4v) is 2.58. The normalized spacial score (nSPS) is 16.7. The second-order valence-corrected chi connectivity index (χ2v) is 5.40. The van der Waals surface area contributed by atoms with E-state index in [1.165, 1.54) is 11.1 Å². The number of carbonyl (C=O) groups is 1. The van der Waals surface area contributed by atoms with Crippen molar-refractivity contribution in [1.82, 2.24) is 4.90 Å². The van der Waals surface area contributed by atoms with E-state index in [-0.39, 0.29) is 5.91 Å². The minimum absolute atomic E-state index is 0.241. The molecule has 0 radical (unpaired) electrons. The van der Waals surface area contributed by atoms with Gasteiger partial charge in [0.25, 0.3) is 0 Å². The third kappa shape index (κ3) is 3.70. The van der Waals surface area contributed by atoms with E-state index in [9.17, 15) is 4.79 Å². The fourth-order valence-electron chi connectivity index (χ4n) is 2.58. The molecular weight excluding hydrogens is 248 g/mol. The Balaban J connectivity index is 1.93. The first-order chi connectivity index (χ1) is 9.74. The van der Waals surface area contributed by atoms with Gasteiger partial charge in [-0.3, -0.25) is 4.79 Å². The number of carbonyl (C=O) groups excluding carboxylic acids is 1. The van der Waals surface area contributed by atoms with E-state index in [0.29, 0.717) is 18.9 Å². The lowest BCUT2D eigenvalue weighted by atomic mass is 9.98. The van der Waals surface area contributed by atoms with Crippen LogP contribution in [0.1, 0.15) is 31.7 Å². The number of hydrogen-bond acceptors (Lipinski definition) is 2. The van der Waals surface area contributed by atoms with Crippen LogP contribution in [0.25, 0.3) is 5.57 Å². The van der Waals surface area contributed by atoms with Crippen molar-refractivity contribution in [2.75, 3.05) is 19.6 Å². The Hall–Kier alpha value is -1.61. The van der Waals surface area contributed by atoms with Gasteiger partial charge >= 0.3 is 0 Å². The van der Waals surface area contributed by atoms with Gasteiger partial charge in [-0.1, -0.05) is 49.8 Å². The molecule has 1 atom stereocenters. The van der Waals surface area contributed by atoms with Crippen molar-refractivity contribution in [3.63, 3.8) is 0 Å². The standard InChI is InChI=1S/C17H24N2O/c1-2-14(13-18)12-17(20)19-10-8-16(9-11-19)15-6-4-3-5-7-15/h3-8,14H,2,9-13,18H2,1H3. The minimum Gasteiger partial charge on any atom is -0.339 e. The van der Waals surface area contributed by atoms with Gasteiger partial charge in [0.1, 0.15) is 0 Å². The van der Waals surface area contributed by atoms with Crippen molar-refractivity contribution < 1.29 is 4.79 Å². The molecule has 1 heterocycles. The predicted molar refractivity (Wildman–Crippen MR) is 83.1 cm³/mol. The van der Waals surface area contributed by atoms with E-state index in [2.05, 4.69) is 37.3 Å². The summed E-state index contributed by atoms with van der Waals surface area (Å²) in [5.74, 6) is 0.563. The first-order valence-corrected chi connectivity index (χ1v) is 7.47. The molecule has 1 aliphatic rings. The lowest BCUT2D eigenvalue weighted by molar-refractivity contribution is -0.131. The number of hydrogen-bond donors (Lipinski definition) is 1. The average molecular weight is 272 g/mol. The molecule has 0 fully saturated rings. The Bertz CT molecular complexity index is 463. The Labute approximate surface area is 121 Å². The van der Waals surface area contributed by atoms with Crippen LogP contribution >= 0.6 is 0 Å². The van der Waals surface area contributed by atoms with Crippen LogP contribution in [0.4, 0.5) is 0 Å². The second kappa shape index (κ2) is 7.25. The molecule has 108 valence electrons. The molecule has 1 aromatic rings. The molecule has 0 bridgehead atoms. The van der Waals surface area contributed by atoms with Gasteiger partial charge < -0.3 is 10.6 Å². The van der Waals surface area contributed by atoms with Gasteiger partial charge in [0.15, 0.2) is 0 Å². The summed E-state index contributed by atoms with van der Waals surface area (Å²) in [4.78, 5) is 14.2. The Morgan fingerprint density at radius 1 is 1.35 bits per heavy atom. The van der Waals surface area contributed by atoms with Crippen LogP contribution < -0.4 is 5.73 Å². The minimum atomic E-state index is 0.241. The monoisotopic (exact) mass is 272 g/mol. The maximum Gasteiger partial charge on any atom is 0.223 e. The molecule has 0 aliphatic carbocycles. The number of benzene rings is 1. The van der Waals surface area contributed by atoms with E-state index < -0.39 is 0 Å². The van der Waals surface area contributed by atoms with Crippen LogP contribution in [-0.2, 0) is 4.79 Å². The summed E-state index contributed by atoms with van der Waals surface area (Å²) in [5.41, 5.74) is 8.30. The quantitative estimate of drug-likeness (QED) is 0.895. The van der Waals surface area contributed by atoms with Crippen molar-refractivity contribution in [1.29, 1.82) is 0 Å². The summed E-state index contributed by atoms with van der Waals surface area (Å²) in [7, 11) is 0. The maximum absolute atomic E-state index is 12.2. The molecule has 2 rings (SSSR count). The van der Waals surface area contributed by atoms with E-state index in [1.54, 1.807) is 0 Å². The van der Waals surface area contributed by atoms with Crippen LogP contribution in [0.2, 0.25) is 0 Å². The topological polar surface area (TPSA) is 46.3 Å². The van der Waals surface area contributed by atoms with Crippen LogP contribution in [0, 0.1) is 5.92 Å². The number of amides is 1. The number of nitrogens with zero attached hydrogens (tertiary/aromatic N) is 1. The molecule has 1 unspecified atom stereocenters. The molecule has 0 saturated carbocycles. The van der Waals surface area contributed by atoms with Crippen LogP contribution in [-0.4, -0.2) is 30.4 Å². The van der Waals surface area contributed by atoms with Crippen LogP contribution in [0.15, 0.2) is 36.4 Å². The molecule has 2 N–H and O–H groups in total. The molecule has 0 saturated heterocycles.